The van der Waals surface area contributed by atoms with Gasteiger partial charge in [-0.2, -0.15) is 4.31 Å². The Morgan fingerprint density at radius 2 is 1.76 bits per heavy atom. The lowest BCUT2D eigenvalue weighted by atomic mass is 10.3. The van der Waals surface area contributed by atoms with Crippen LogP contribution in [0.15, 0.2) is 32.4 Å². The van der Waals surface area contributed by atoms with E-state index in [0.29, 0.717) is 37.5 Å². The van der Waals surface area contributed by atoms with Crippen molar-refractivity contribution in [2.24, 2.45) is 0 Å². The summed E-state index contributed by atoms with van der Waals surface area (Å²) >= 11 is 0. The Morgan fingerprint density at radius 1 is 1.08 bits per heavy atom. The highest BCUT2D eigenvalue weighted by atomic mass is 32.2. The Labute approximate surface area is 140 Å². The summed E-state index contributed by atoms with van der Waals surface area (Å²) in [7, 11) is -4.28. The standard InChI is InChI=1S/C14H14F3N3O4S/c15-10-1-2-11(13(17)12(10)16)25(22,23)20-5-3-19(4-6-20)8-9-7-18-14(21)24-9/h1-2,7H,3-6,8H2,(H,18,21). The fourth-order valence-corrected chi connectivity index (χ4v) is 4.07. The number of piperazine rings is 1. The highest BCUT2D eigenvalue weighted by molar-refractivity contribution is 7.89. The van der Waals surface area contributed by atoms with E-state index in [9.17, 15) is 26.4 Å². The fraction of sp³-hybridized carbons (Fsp3) is 0.357. The molecule has 0 saturated carbocycles. The smallest absolute Gasteiger partial charge is 0.412 e. The van der Waals surface area contributed by atoms with Gasteiger partial charge in [0.05, 0.1) is 6.54 Å². The zero-order valence-electron chi connectivity index (χ0n) is 12.8. The van der Waals surface area contributed by atoms with Crippen molar-refractivity contribution in [2.75, 3.05) is 26.2 Å². The molecule has 1 aliphatic heterocycles. The number of H-pyrrole nitrogens is 1. The van der Waals surface area contributed by atoms with Gasteiger partial charge in [0.2, 0.25) is 10.0 Å². The van der Waals surface area contributed by atoms with Crippen molar-refractivity contribution in [1.82, 2.24) is 14.2 Å². The molecule has 1 N–H and O–H groups in total. The van der Waals surface area contributed by atoms with Gasteiger partial charge in [0.25, 0.3) is 0 Å². The fourth-order valence-electron chi connectivity index (χ4n) is 2.59. The first-order valence-corrected chi connectivity index (χ1v) is 8.76. The molecule has 0 atom stereocenters. The van der Waals surface area contributed by atoms with Crippen molar-refractivity contribution in [1.29, 1.82) is 0 Å². The van der Waals surface area contributed by atoms with Crippen molar-refractivity contribution < 1.29 is 26.0 Å². The minimum atomic E-state index is -4.28. The molecule has 0 bridgehead atoms. The van der Waals surface area contributed by atoms with Gasteiger partial charge in [0.1, 0.15) is 10.7 Å². The van der Waals surface area contributed by atoms with Crippen molar-refractivity contribution >= 4 is 10.0 Å². The van der Waals surface area contributed by atoms with E-state index < -0.39 is 38.1 Å². The lowest BCUT2D eigenvalue weighted by Crippen LogP contribution is -2.48. The molecule has 1 aliphatic rings. The van der Waals surface area contributed by atoms with Crippen LogP contribution in [-0.4, -0.2) is 48.8 Å². The van der Waals surface area contributed by atoms with Crippen LogP contribution in [0.1, 0.15) is 5.76 Å². The number of sulfonamides is 1. The number of hydrogen-bond acceptors (Lipinski definition) is 5. The lowest BCUT2D eigenvalue weighted by molar-refractivity contribution is 0.170. The Morgan fingerprint density at radius 3 is 2.36 bits per heavy atom. The number of aromatic amines is 1. The second kappa shape index (κ2) is 6.65. The quantitative estimate of drug-likeness (QED) is 0.800. The number of oxazole rings is 1. The predicted molar refractivity (Wildman–Crippen MR) is 79.7 cm³/mol. The maximum absolute atomic E-state index is 13.8. The van der Waals surface area contributed by atoms with E-state index in [0.717, 1.165) is 4.31 Å². The molecule has 0 unspecified atom stereocenters. The number of nitrogens with zero attached hydrogens (tertiary/aromatic N) is 2. The molecule has 136 valence electrons. The molecule has 0 spiro atoms. The van der Waals surface area contributed by atoms with E-state index in [1.807, 2.05) is 4.90 Å². The number of hydrogen-bond donors (Lipinski definition) is 1. The highest BCUT2D eigenvalue weighted by Gasteiger charge is 2.32. The third kappa shape index (κ3) is 3.48. The minimum absolute atomic E-state index is 0.0371. The van der Waals surface area contributed by atoms with Crippen LogP contribution in [0, 0.1) is 17.5 Å². The minimum Gasteiger partial charge on any atom is -0.412 e. The molecule has 2 aromatic rings. The molecule has 2 heterocycles. The zero-order valence-corrected chi connectivity index (χ0v) is 13.7. The van der Waals surface area contributed by atoms with Crippen molar-refractivity contribution in [2.45, 2.75) is 11.4 Å². The second-order valence-corrected chi connectivity index (χ2v) is 7.40. The van der Waals surface area contributed by atoms with Crippen LogP contribution in [0.5, 0.6) is 0 Å². The van der Waals surface area contributed by atoms with Gasteiger partial charge in [-0.25, -0.2) is 26.4 Å². The van der Waals surface area contributed by atoms with E-state index in [1.54, 1.807) is 0 Å². The Kier molecular flexibility index (Phi) is 4.71. The first kappa shape index (κ1) is 17.7. The molecular formula is C14H14F3N3O4S. The van der Waals surface area contributed by atoms with Crippen LogP contribution >= 0.6 is 0 Å². The molecule has 1 aromatic heterocycles. The summed E-state index contributed by atoms with van der Waals surface area (Å²) in [5, 5.41) is 0. The summed E-state index contributed by atoms with van der Waals surface area (Å²) in [6.07, 6.45) is 1.42. The lowest BCUT2D eigenvalue weighted by Gasteiger charge is -2.33. The molecule has 11 heteroatoms. The molecule has 0 radical (unpaired) electrons. The number of rotatable bonds is 4. The summed E-state index contributed by atoms with van der Waals surface area (Å²) in [6.45, 7) is 0.996. The predicted octanol–water partition coefficient (Wildman–Crippen LogP) is 0.892. The molecule has 1 saturated heterocycles. The van der Waals surface area contributed by atoms with E-state index in [2.05, 4.69) is 4.98 Å². The maximum atomic E-state index is 13.8. The van der Waals surface area contributed by atoms with Crippen LogP contribution in [0.4, 0.5) is 13.2 Å². The third-order valence-corrected chi connectivity index (χ3v) is 5.82. The average molecular weight is 377 g/mol. The second-order valence-electron chi connectivity index (χ2n) is 5.50. The number of benzene rings is 1. The molecule has 1 fully saturated rings. The molecule has 3 rings (SSSR count). The first-order valence-electron chi connectivity index (χ1n) is 7.32. The summed E-state index contributed by atoms with van der Waals surface area (Å²) in [4.78, 5) is 14.3. The Bertz CT molecular complexity index is 933. The summed E-state index contributed by atoms with van der Waals surface area (Å²) in [5.74, 6) is -5.16. The highest BCUT2D eigenvalue weighted by Crippen LogP contribution is 2.24. The Balaban J connectivity index is 1.71. The van der Waals surface area contributed by atoms with E-state index in [1.165, 1.54) is 6.20 Å². The number of nitrogens with one attached hydrogen (secondary N) is 1. The van der Waals surface area contributed by atoms with Gasteiger partial charge in [-0.1, -0.05) is 0 Å². The van der Waals surface area contributed by atoms with Crippen LogP contribution < -0.4 is 5.76 Å². The number of aromatic nitrogens is 1. The van der Waals surface area contributed by atoms with Crippen LogP contribution in [-0.2, 0) is 16.6 Å². The van der Waals surface area contributed by atoms with Crippen LogP contribution in [0.2, 0.25) is 0 Å². The van der Waals surface area contributed by atoms with E-state index in [-0.39, 0.29) is 13.1 Å². The van der Waals surface area contributed by atoms with Crippen LogP contribution in [0.25, 0.3) is 0 Å². The van der Waals surface area contributed by atoms with E-state index >= 15 is 0 Å². The van der Waals surface area contributed by atoms with Crippen molar-refractivity contribution in [3.63, 3.8) is 0 Å². The third-order valence-electron chi connectivity index (χ3n) is 3.90. The monoisotopic (exact) mass is 377 g/mol. The topological polar surface area (TPSA) is 86.6 Å². The van der Waals surface area contributed by atoms with Gasteiger partial charge < -0.3 is 4.42 Å². The largest absolute Gasteiger partial charge is 0.416 e. The van der Waals surface area contributed by atoms with Crippen molar-refractivity contribution in [3.8, 4) is 0 Å². The summed E-state index contributed by atoms with van der Waals surface area (Å²) < 4.78 is 70.9. The summed E-state index contributed by atoms with van der Waals surface area (Å²) in [6, 6.07) is 1.29. The van der Waals surface area contributed by atoms with E-state index in [4.69, 9.17) is 4.42 Å². The first-order chi connectivity index (χ1) is 11.8. The molecule has 0 aliphatic carbocycles. The van der Waals surface area contributed by atoms with Crippen LogP contribution in [0.3, 0.4) is 0 Å². The van der Waals surface area contributed by atoms with Gasteiger partial charge >= 0.3 is 5.76 Å². The molecule has 1 aromatic carbocycles. The van der Waals surface area contributed by atoms with Gasteiger partial charge in [0.15, 0.2) is 17.5 Å². The SMILES string of the molecule is O=c1[nH]cc(CN2CCN(S(=O)(=O)c3ccc(F)c(F)c3F)CC2)o1. The number of halogens is 3. The van der Waals surface area contributed by atoms with Gasteiger partial charge in [-0.3, -0.25) is 9.88 Å². The van der Waals surface area contributed by atoms with Gasteiger partial charge in [-0.05, 0) is 12.1 Å². The van der Waals surface area contributed by atoms with Gasteiger partial charge in [0, 0.05) is 32.4 Å². The summed E-state index contributed by atoms with van der Waals surface area (Å²) in [5.41, 5.74) is 0. The average Bonchev–Trinajstić information content (AvgIpc) is 2.98. The molecule has 25 heavy (non-hydrogen) atoms. The molecular weight excluding hydrogens is 363 g/mol. The maximum Gasteiger partial charge on any atom is 0.416 e. The normalized spacial score (nSPS) is 17.1. The van der Waals surface area contributed by atoms with Gasteiger partial charge in [-0.15, -0.1) is 0 Å². The Hall–Kier alpha value is -2.11. The zero-order chi connectivity index (χ0) is 18.2. The molecule has 0 amide bonds. The van der Waals surface area contributed by atoms with Crippen molar-refractivity contribution in [3.05, 3.63) is 52.1 Å². The molecule has 7 nitrogen and oxygen atoms in total.